The summed E-state index contributed by atoms with van der Waals surface area (Å²) in [5.41, 5.74) is 5.13. The SMILES string of the molecule is CC1CCCC1CNC(=O)C(C)(C)CN. The molecule has 0 heterocycles. The van der Waals surface area contributed by atoms with Crippen LogP contribution in [0.25, 0.3) is 0 Å². The van der Waals surface area contributed by atoms with Gasteiger partial charge < -0.3 is 11.1 Å². The summed E-state index contributed by atoms with van der Waals surface area (Å²) < 4.78 is 0. The van der Waals surface area contributed by atoms with Gasteiger partial charge in [0.1, 0.15) is 0 Å². The summed E-state index contributed by atoms with van der Waals surface area (Å²) in [6, 6.07) is 0. The third-order valence-electron chi connectivity index (χ3n) is 3.69. The maximum Gasteiger partial charge on any atom is 0.226 e. The number of carbonyl (C=O) groups is 1. The minimum absolute atomic E-state index is 0.0871. The van der Waals surface area contributed by atoms with Gasteiger partial charge in [-0.25, -0.2) is 0 Å². The van der Waals surface area contributed by atoms with E-state index in [0.29, 0.717) is 12.5 Å². The Morgan fingerprint density at radius 1 is 1.47 bits per heavy atom. The first-order chi connectivity index (χ1) is 6.97. The largest absolute Gasteiger partial charge is 0.355 e. The first kappa shape index (κ1) is 12.5. The highest BCUT2D eigenvalue weighted by molar-refractivity contribution is 5.82. The van der Waals surface area contributed by atoms with Crippen LogP contribution in [0.2, 0.25) is 0 Å². The Hall–Kier alpha value is -0.570. The first-order valence-corrected chi connectivity index (χ1v) is 5.95. The fourth-order valence-corrected chi connectivity index (χ4v) is 2.08. The van der Waals surface area contributed by atoms with Gasteiger partial charge in [0, 0.05) is 13.1 Å². The van der Waals surface area contributed by atoms with E-state index >= 15 is 0 Å². The summed E-state index contributed by atoms with van der Waals surface area (Å²) in [5, 5.41) is 3.03. The molecule has 1 aliphatic carbocycles. The van der Waals surface area contributed by atoms with Crippen LogP contribution in [0.5, 0.6) is 0 Å². The third-order valence-corrected chi connectivity index (χ3v) is 3.69. The zero-order chi connectivity index (χ0) is 11.5. The van der Waals surface area contributed by atoms with Crippen LogP contribution in [0.3, 0.4) is 0 Å². The summed E-state index contributed by atoms with van der Waals surface area (Å²) in [5.74, 6) is 1.51. The molecular formula is C12H24N2O. The van der Waals surface area contributed by atoms with E-state index in [9.17, 15) is 4.79 Å². The molecular weight excluding hydrogens is 188 g/mol. The zero-order valence-electron chi connectivity index (χ0n) is 10.2. The first-order valence-electron chi connectivity index (χ1n) is 5.95. The summed E-state index contributed by atoms with van der Waals surface area (Å²) in [4.78, 5) is 11.8. The molecule has 0 spiro atoms. The van der Waals surface area contributed by atoms with Crippen molar-refractivity contribution in [2.45, 2.75) is 40.0 Å². The Morgan fingerprint density at radius 2 is 2.13 bits per heavy atom. The van der Waals surface area contributed by atoms with Crippen molar-refractivity contribution in [1.82, 2.24) is 5.32 Å². The molecule has 0 aromatic heterocycles. The molecule has 3 nitrogen and oxygen atoms in total. The van der Waals surface area contributed by atoms with E-state index in [4.69, 9.17) is 5.73 Å². The number of nitrogens with two attached hydrogens (primary N) is 1. The number of carbonyl (C=O) groups excluding carboxylic acids is 1. The summed E-state index contributed by atoms with van der Waals surface area (Å²) in [6.07, 6.45) is 3.87. The molecule has 1 fully saturated rings. The van der Waals surface area contributed by atoms with Gasteiger partial charge in [-0.3, -0.25) is 4.79 Å². The number of hydrogen-bond donors (Lipinski definition) is 2. The van der Waals surface area contributed by atoms with Crippen molar-refractivity contribution in [1.29, 1.82) is 0 Å². The van der Waals surface area contributed by atoms with Gasteiger partial charge >= 0.3 is 0 Å². The molecule has 1 aliphatic rings. The zero-order valence-corrected chi connectivity index (χ0v) is 10.2. The fourth-order valence-electron chi connectivity index (χ4n) is 2.08. The lowest BCUT2D eigenvalue weighted by Gasteiger charge is -2.23. The maximum atomic E-state index is 11.8. The van der Waals surface area contributed by atoms with Crippen LogP contribution in [-0.2, 0) is 4.79 Å². The lowest BCUT2D eigenvalue weighted by molar-refractivity contribution is -0.129. The summed E-state index contributed by atoms with van der Waals surface area (Å²) in [6.45, 7) is 7.28. The lowest BCUT2D eigenvalue weighted by atomic mass is 9.91. The Morgan fingerprint density at radius 3 is 2.60 bits per heavy atom. The standard InChI is InChI=1S/C12H24N2O/c1-9-5-4-6-10(9)7-14-11(15)12(2,3)8-13/h9-10H,4-8,13H2,1-3H3,(H,14,15). The van der Waals surface area contributed by atoms with Crippen LogP contribution in [-0.4, -0.2) is 19.0 Å². The molecule has 1 saturated carbocycles. The van der Waals surface area contributed by atoms with Gasteiger partial charge in [-0.2, -0.15) is 0 Å². The van der Waals surface area contributed by atoms with E-state index < -0.39 is 5.41 Å². The predicted octanol–water partition coefficient (Wildman–Crippen LogP) is 1.52. The molecule has 2 atom stereocenters. The van der Waals surface area contributed by atoms with Crippen molar-refractivity contribution < 1.29 is 4.79 Å². The van der Waals surface area contributed by atoms with Gasteiger partial charge in [0.25, 0.3) is 0 Å². The second-order valence-corrected chi connectivity index (χ2v) is 5.47. The van der Waals surface area contributed by atoms with E-state index in [-0.39, 0.29) is 5.91 Å². The topological polar surface area (TPSA) is 55.1 Å². The molecule has 0 saturated heterocycles. The predicted molar refractivity (Wildman–Crippen MR) is 62.4 cm³/mol. The average Bonchev–Trinajstić information content (AvgIpc) is 2.60. The van der Waals surface area contributed by atoms with E-state index in [1.54, 1.807) is 0 Å². The molecule has 3 N–H and O–H groups in total. The van der Waals surface area contributed by atoms with Crippen molar-refractivity contribution in [3.8, 4) is 0 Å². The van der Waals surface area contributed by atoms with Crippen molar-refractivity contribution in [2.24, 2.45) is 23.0 Å². The summed E-state index contributed by atoms with van der Waals surface area (Å²) >= 11 is 0. The Kier molecular flexibility index (Phi) is 4.14. The van der Waals surface area contributed by atoms with Crippen LogP contribution in [0.1, 0.15) is 40.0 Å². The minimum atomic E-state index is -0.429. The molecule has 2 unspecified atom stereocenters. The molecule has 15 heavy (non-hydrogen) atoms. The highest BCUT2D eigenvalue weighted by atomic mass is 16.2. The van der Waals surface area contributed by atoms with Gasteiger partial charge in [0.05, 0.1) is 5.41 Å². The molecule has 0 aromatic rings. The molecule has 0 bridgehead atoms. The Balaban J connectivity index is 2.34. The van der Waals surface area contributed by atoms with Crippen molar-refractivity contribution in [2.75, 3.05) is 13.1 Å². The second-order valence-electron chi connectivity index (χ2n) is 5.47. The monoisotopic (exact) mass is 212 g/mol. The third kappa shape index (κ3) is 3.20. The highest BCUT2D eigenvalue weighted by Crippen LogP contribution is 2.30. The molecule has 1 amide bonds. The van der Waals surface area contributed by atoms with Crippen LogP contribution in [0.15, 0.2) is 0 Å². The number of hydrogen-bond acceptors (Lipinski definition) is 2. The Bertz CT molecular complexity index is 226. The van der Waals surface area contributed by atoms with Crippen molar-refractivity contribution in [3.63, 3.8) is 0 Å². The minimum Gasteiger partial charge on any atom is -0.355 e. The average molecular weight is 212 g/mol. The van der Waals surface area contributed by atoms with Crippen LogP contribution < -0.4 is 11.1 Å². The van der Waals surface area contributed by atoms with Crippen LogP contribution in [0, 0.1) is 17.3 Å². The van der Waals surface area contributed by atoms with Crippen LogP contribution in [0.4, 0.5) is 0 Å². The fraction of sp³-hybridized carbons (Fsp3) is 0.917. The van der Waals surface area contributed by atoms with E-state index in [1.165, 1.54) is 19.3 Å². The van der Waals surface area contributed by atoms with Gasteiger partial charge in [-0.05, 0) is 32.1 Å². The van der Waals surface area contributed by atoms with Gasteiger partial charge in [0.2, 0.25) is 5.91 Å². The number of amides is 1. The smallest absolute Gasteiger partial charge is 0.226 e. The number of nitrogens with one attached hydrogen (secondary N) is 1. The number of rotatable bonds is 4. The van der Waals surface area contributed by atoms with Crippen molar-refractivity contribution in [3.05, 3.63) is 0 Å². The molecule has 88 valence electrons. The van der Waals surface area contributed by atoms with E-state index in [2.05, 4.69) is 12.2 Å². The highest BCUT2D eigenvalue weighted by Gasteiger charge is 2.28. The van der Waals surface area contributed by atoms with E-state index in [1.807, 2.05) is 13.8 Å². The molecule has 0 aliphatic heterocycles. The van der Waals surface area contributed by atoms with Crippen LogP contribution >= 0.6 is 0 Å². The molecule has 3 heteroatoms. The van der Waals surface area contributed by atoms with Crippen molar-refractivity contribution >= 4 is 5.91 Å². The normalized spacial score (nSPS) is 26.7. The van der Waals surface area contributed by atoms with Gasteiger partial charge in [-0.1, -0.05) is 19.8 Å². The molecule has 0 aromatic carbocycles. The Labute approximate surface area is 92.8 Å². The maximum absolute atomic E-state index is 11.8. The molecule has 0 radical (unpaired) electrons. The molecule has 1 rings (SSSR count). The van der Waals surface area contributed by atoms with Gasteiger partial charge in [-0.15, -0.1) is 0 Å². The van der Waals surface area contributed by atoms with E-state index in [0.717, 1.165) is 12.5 Å². The second kappa shape index (κ2) is 4.97. The van der Waals surface area contributed by atoms with Gasteiger partial charge in [0.15, 0.2) is 0 Å². The lowest BCUT2D eigenvalue weighted by Crippen LogP contribution is -2.43. The quantitative estimate of drug-likeness (QED) is 0.742. The summed E-state index contributed by atoms with van der Waals surface area (Å²) in [7, 11) is 0.